The molecule has 0 aliphatic carbocycles. The lowest BCUT2D eigenvalue weighted by atomic mass is 9.98. The number of allylic oxidation sites excluding steroid dienone is 1. The van der Waals surface area contributed by atoms with E-state index >= 15 is 0 Å². The molecule has 0 amide bonds. The molecule has 2 aliphatic heterocycles. The Balaban J connectivity index is 1.39. The zero-order chi connectivity index (χ0) is 30.7. The number of ether oxygens (including phenoxy) is 5. The van der Waals surface area contributed by atoms with Crippen molar-refractivity contribution >= 4 is 11.9 Å². The highest BCUT2D eigenvalue weighted by molar-refractivity contribution is 6.08. The van der Waals surface area contributed by atoms with Crippen LogP contribution in [0.3, 0.4) is 0 Å². The normalized spacial score (nSPS) is 33.4. The second kappa shape index (κ2) is 13.3. The Kier molecular flexibility index (Phi) is 10.0. The quantitative estimate of drug-likeness (QED) is 0.129. The van der Waals surface area contributed by atoms with Crippen molar-refractivity contribution in [3.8, 4) is 23.0 Å². The molecular weight excluding hydrogens is 560 g/mol. The third-order valence-corrected chi connectivity index (χ3v) is 7.02. The molecule has 2 saturated heterocycles. The van der Waals surface area contributed by atoms with Gasteiger partial charge < -0.3 is 64.5 Å². The topological polar surface area (TPSA) is 225 Å². The lowest BCUT2D eigenvalue weighted by Crippen LogP contribution is -2.61. The number of aromatic hydroxyl groups is 2. The Morgan fingerprint density at radius 1 is 0.833 bits per heavy atom. The number of phenolic OH excluding ortho intramolecular Hbond substituents is 2. The molecule has 42 heavy (non-hydrogen) atoms. The molecule has 2 aromatic rings. The van der Waals surface area contributed by atoms with Gasteiger partial charge in [-0.1, -0.05) is 12.1 Å². The molecule has 0 bridgehead atoms. The van der Waals surface area contributed by atoms with E-state index in [1.165, 1.54) is 50.5 Å². The fourth-order valence-corrected chi connectivity index (χ4v) is 4.49. The van der Waals surface area contributed by atoms with Gasteiger partial charge in [0, 0.05) is 6.07 Å². The second-order valence-corrected chi connectivity index (χ2v) is 9.96. The molecule has 0 saturated carbocycles. The SMILES string of the molecule is COc1ccc(C=CC(=O)c2ccc(O[C@@H]3O[C@H](CO[C@@H]4O[C@@H](C)[C@H](O)[C@@H](O)[C@H]4O)[C@@H](O)[C@H](O)[C@H]3O)cc2O)cc1O. The summed E-state index contributed by atoms with van der Waals surface area (Å²) in [6.07, 6.45) is -12.1. The molecule has 14 nitrogen and oxygen atoms in total. The molecule has 0 aromatic heterocycles. The predicted octanol–water partition coefficient (Wildman–Crippen LogP) is -0.967. The number of carbonyl (C=O) groups excluding carboxylic acids is 1. The Morgan fingerprint density at radius 3 is 2.19 bits per heavy atom. The number of aliphatic hydroxyl groups excluding tert-OH is 6. The summed E-state index contributed by atoms with van der Waals surface area (Å²) in [7, 11) is 1.41. The van der Waals surface area contributed by atoms with Crippen molar-refractivity contribution in [1.29, 1.82) is 0 Å². The van der Waals surface area contributed by atoms with Crippen LogP contribution in [-0.4, -0.2) is 122 Å². The van der Waals surface area contributed by atoms with Crippen molar-refractivity contribution in [2.75, 3.05) is 13.7 Å². The van der Waals surface area contributed by atoms with Crippen LogP contribution >= 0.6 is 0 Å². The average molecular weight is 595 g/mol. The molecule has 0 unspecified atom stereocenters. The highest BCUT2D eigenvalue weighted by atomic mass is 16.7. The van der Waals surface area contributed by atoms with Crippen LogP contribution < -0.4 is 9.47 Å². The van der Waals surface area contributed by atoms with Crippen LogP contribution in [0.15, 0.2) is 42.5 Å². The van der Waals surface area contributed by atoms with Crippen LogP contribution in [0.5, 0.6) is 23.0 Å². The zero-order valence-electron chi connectivity index (χ0n) is 22.6. The van der Waals surface area contributed by atoms with Crippen LogP contribution in [0, 0.1) is 0 Å². The van der Waals surface area contributed by atoms with E-state index in [-0.39, 0.29) is 22.8 Å². The van der Waals surface area contributed by atoms with Gasteiger partial charge in [0.15, 0.2) is 23.6 Å². The van der Waals surface area contributed by atoms with Gasteiger partial charge in [-0.2, -0.15) is 0 Å². The molecule has 2 heterocycles. The summed E-state index contributed by atoms with van der Waals surface area (Å²) in [4.78, 5) is 12.6. The number of hydrogen-bond donors (Lipinski definition) is 8. The van der Waals surface area contributed by atoms with Gasteiger partial charge in [-0.15, -0.1) is 0 Å². The standard InChI is InChI=1S/C28H34O14/c1-12-21(32)23(34)25(36)27(40-12)39-11-20-22(33)24(35)26(37)28(42-20)41-14-5-6-15(17(30)10-14)16(29)7-3-13-4-8-19(38-2)18(31)9-13/h3-10,12,20-28,30-37H,11H2,1-2H3/t12-,20+,21-,22+,23+,24-,25+,26+,27+,28+/m0/s1. The fraction of sp³-hybridized carbons (Fsp3) is 0.464. The zero-order valence-corrected chi connectivity index (χ0v) is 22.6. The van der Waals surface area contributed by atoms with Crippen molar-refractivity contribution in [3.63, 3.8) is 0 Å². The van der Waals surface area contributed by atoms with Crippen molar-refractivity contribution in [2.45, 2.75) is 68.3 Å². The molecule has 14 heteroatoms. The summed E-state index contributed by atoms with van der Waals surface area (Å²) in [5, 5.41) is 81.4. The summed E-state index contributed by atoms with van der Waals surface area (Å²) in [6.45, 7) is 0.988. The highest BCUT2D eigenvalue weighted by Gasteiger charge is 2.47. The number of benzene rings is 2. The summed E-state index contributed by atoms with van der Waals surface area (Å²) in [5.41, 5.74) is 0.437. The van der Waals surface area contributed by atoms with Crippen molar-refractivity contribution < 1.29 is 69.3 Å². The molecule has 230 valence electrons. The average Bonchev–Trinajstić information content (AvgIpc) is 2.97. The summed E-state index contributed by atoms with van der Waals surface area (Å²) in [6, 6.07) is 8.24. The number of phenols is 2. The second-order valence-electron chi connectivity index (χ2n) is 9.96. The monoisotopic (exact) mass is 594 g/mol. The molecule has 2 fully saturated rings. The lowest BCUT2D eigenvalue weighted by molar-refractivity contribution is -0.318. The molecule has 0 radical (unpaired) electrons. The Morgan fingerprint density at radius 2 is 1.52 bits per heavy atom. The van der Waals surface area contributed by atoms with Gasteiger partial charge in [-0.25, -0.2) is 0 Å². The van der Waals surface area contributed by atoms with E-state index < -0.39 is 79.6 Å². The van der Waals surface area contributed by atoms with Gasteiger partial charge >= 0.3 is 0 Å². The molecule has 4 rings (SSSR count). The minimum Gasteiger partial charge on any atom is -0.507 e. The minimum atomic E-state index is -1.74. The fourth-order valence-electron chi connectivity index (χ4n) is 4.49. The van der Waals surface area contributed by atoms with E-state index in [9.17, 15) is 45.6 Å². The van der Waals surface area contributed by atoms with Crippen LogP contribution in [-0.2, 0) is 14.2 Å². The van der Waals surface area contributed by atoms with Crippen LogP contribution in [0.25, 0.3) is 6.08 Å². The maximum atomic E-state index is 12.6. The smallest absolute Gasteiger partial charge is 0.229 e. The van der Waals surface area contributed by atoms with E-state index in [1.807, 2.05) is 0 Å². The molecular formula is C28H34O14. The van der Waals surface area contributed by atoms with E-state index in [1.54, 1.807) is 6.07 Å². The number of aliphatic hydroxyl groups is 6. The van der Waals surface area contributed by atoms with E-state index in [0.717, 1.165) is 6.07 Å². The largest absolute Gasteiger partial charge is 0.507 e. The summed E-state index contributed by atoms with van der Waals surface area (Å²) in [5.74, 6) is -0.894. The maximum Gasteiger partial charge on any atom is 0.229 e. The summed E-state index contributed by atoms with van der Waals surface area (Å²) < 4.78 is 26.9. The number of rotatable bonds is 9. The van der Waals surface area contributed by atoms with Gasteiger partial charge in [-0.05, 0) is 42.8 Å². The van der Waals surface area contributed by atoms with E-state index in [4.69, 9.17) is 23.7 Å². The molecule has 0 spiro atoms. The van der Waals surface area contributed by atoms with Crippen LogP contribution in [0.1, 0.15) is 22.8 Å². The Bertz CT molecular complexity index is 1270. The number of carbonyl (C=O) groups is 1. The number of methoxy groups -OCH3 is 1. The van der Waals surface area contributed by atoms with Gasteiger partial charge in [0.25, 0.3) is 0 Å². The van der Waals surface area contributed by atoms with Gasteiger partial charge in [0.1, 0.15) is 54.2 Å². The first-order valence-corrected chi connectivity index (χ1v) is 13.0. The van der Waals surface area contributed by atoms with Crippen molar-refractivity contribution in [1.82, 2.24) is 0 Å². The molecule has 10 atom stereocenters. The van der Waals surface area contributed by atoms with Gasteiger partial charge in [0.05, 0.1) is 25.4 Å². The van der Waals surface area contributed by atoms with Crippen molar-refractivity contribution in [2.24, 2.45) is 0 Å². The highest BCUT2D eigenvalue weighted by Crippen LogP contribution is 2.30. The first-order chi connectivity index (χ1) is 19.9. The number of ketones is 1. The predicted molar refractivity (Wildman–Crippen MR) is 142 cm³/mol. The summed E-state index contributed by atoms with van der Waals surface area (Å²) >= 11 is 0. The molecule has 8 N–H and O–H groups in total. The van der Waals surface area contributed by atoms with Crippen LogP contribution in [0.2, 0.25) is 0 Å². The Labute approximate surface area is 240 Å². The van der Waals surface area contributed by atoms with E-state index in [2.05, 4.69) is 0 Å². The Hall–Kier alpha value is -3.31. The van der Waals surface area contributed by atoms with Crippen molar-refractivity contribution in [3.05, 3.63) is 53.6 Å². The molecule has 2 aliphatic rings. The third-order valence-electron chi connectivity index (χ3n) is 7.02. The van der Waals surface area contributed by atoms with Gasteiger partial charge in [-0.3, -0.25) is 4.79 Å². The minimum absolute atomic E-state index is 0.0441. The first-order valence-electron chi connectivity index (χ1n) is 13.0. The van der Waals surface area contributed by atoms with Gasteiger partial charge in [0.2, 0.25) is 6.29 Å². The first kappa shape index (κ1) is 31.6. The van der Waals surface area contributed by atoms with Crippen LogP contribution in [0.4, 0.5) is 0 Å². The maximum absolute atomic E-state index is 12.6. The lowest BCUT2D eigenvalue weighted by Gasteiger charge is -2.42. The third kappa shape index (κ3) is 6.83. The number of hydrogen-bond acceptors (Lipinski definition) is 14. The molecule has 2 aromatic carbocycles. The van der Waals surface area contributed by atoms with E-state index in [0.29, 0.717) is 5.56 Å².